The summed E-state index contributed by atoms with van der Waals surface area (Å²) in [5, 5.41) is 18.8. The predicted molar refractivity (Wildman–Crippen MR) is 122 cm³/mol. The van der Waals surface area contributed by atoms with E-state index in [9.17, 15) is 18.3 Å². The smallest absolute Gasteiger partial charge is 0.573 e. The second-order valence-electron chi connectivity index (χ2n) is 7.78. The molecule has 0 saturated heterocycles. The fourth-order valence-corrected chi connectivity index (χ4v) is 4.08. The summed E-state index contributed by atoms with van der Waals surface area (Å²) in [5.41, 5.74) is 1.27. The summed E-state index contributed by atoms with van der Waals surface area (Å²) in [6.45, 7) is 0.194. The van der Waals surface area contributed by atoms with Crippen LogP contribution in [0.1, 0.15) is 5.56 Å². The van der Waals surface area contributed by atoms with Crippen LogP contribution in [0.15, 0.2) is 84.1 Å². The van der Waals surface area contributed by atoms with Crippen molar-refractivity contribution in [3.8, 4) is 11.5 Å². The average molecular weight is 483 g/mol. The minimum absolute atomic E-state index is 0. The SMILES string of the molecule is COc1ccc(C[N+]2(c3ccc(OC(F)(F)F)cc3)N=c3c(ncc4ccccc34)=C2O)cc1.[OH-]. The normalized spacial score (nSPS) is 16.9. The van der Waals surface area contributed by atoms with Crippen LogP contribution in [0.2, 0.25) is 0 Å². The van der Waals surface area contributed by atoms with Crippen LogP contribution >= 0.6 is 0 Å². The Morgan fingerprint density at radius 3 is 2.23 bits per heavy atom. The Hall–Kier alpha value is -4.15. The molecule has 1 aliphatic rings. The van der Waals surface area contributed by atoms with Gasteiger partial charge in [-0.15, -0.1) is 13.2 Å². The molecular weight excluding hydrogens is 463 g/mol. The van der Waals surface area contributed by atoms with E-state index in [1.165, 1.54) is 24.3 Å². The first-order valence-corrected chi connectivity index (χ1v) is 10.3. The van der Waals surface area contributed by atoms with E-state index in [4.69, 9.17) is 9.84 Å². The van der Waals surface area contributed by atoms with Gasteiger partial charge in [0.1, 0.15) is 18.0 Å². The number of ether oxygens (including phenoxy) is 2. The molecule has 2 heterocycles. The van der Waals surface area contributed by atoms with E-state index < -0.39 is 11.0 Å². The molecule has 1 aromatic heterocycles. The highest BCUT2D eigenvalue weighted by atomic mass is 19.4. The molecule has 1 unspecified atom stereocenters. The first-order valence-electron chi connectivity index (χ1n) is 10.3. The highest BCUT2D eigenvalue weighted by Crippen LogP contribution is 2.35. The second kappa shape index (κ2) is 8.90. The van der Waals surface area contributed by atoms with Crippen molar-refractivity contribution in [2.75, 3.05) is 7.11 Å². The lowest BCUT2D eigenvalue weighted by Crippen LogP contribution is -2.41. The van der Waals surface area contributed by atoms with Crippen LogP contribution in [-0.4, -0.2) is 29.0 Å². The molecule has 2 N–H and O–H groups in total. The van der Waals surface area contributed by atoms with Gasteiger partial charge in [-0.2, -0.15) is 0 Å². The number of aliphatic hydroxyl groups is 1. The van der Waals surface area contributed by atoms with Gasteiger partial charge < -0.3 is 20.1 Å². The van der Waals surface area contributed by atoms with Crippen molar-refractivity contribution in [1.29, 1.82) is 0 Å². The number of nitrogens with zero attached hydrogens (tertiary/aromatic N) is 3. The third-order valence-corrected chi connectivity index (χ3v) is 5.67. The number of methoxy groups -OCH3 is 1. The third kappa shape index (κ3) is 4.36. The fraction of sp³-hybridized carbons (Fsp3) is 0.120. The summed E-state index contributed by atoms with van der Waals surface area (Å²) in [6.07, 6.45) is -3.14. The van der Waals surface area contributed by atoms with E-state index in [0.717, 1.165) is 16.3 Å². The molecule has 4 aromatic rings. The zero-order valence-electron chi connectivity index (χ0n) is 18.4. The van der Waals surface area contributed by atoms with E-state index in [0.29, 0.717) is 22.1 Å². The van der Waals surface area contributed by atoms with Crippen molar-refractivity contribution < 1.29 is 33.2 Å². The van der Waals surface area contributed by atoms with Crippen molar-refractivity contribution in [3.05, 3.63) is 95.3 Å². The number of aromatic nitrogens is 1. The van der Waals surface area contributed by atoms with Gasteiger partial charge in [0, 0.05) is 34.7 Å². The Labute approximate surface area is 197 Å². The summed E-state index contributed by atoms with van der Waals surface area (Å²) >= 11 is 0. The molecule has 10 heteroatoms. The Morgan fingerprint density at radius 2 is 1.57 bits per heavy atom. The predicted octanol–water partition coefficient (Wildman–Crippen LogP) is 4.34. The largest absolute Gasteiger partial charge is 0.870 e. The molecule has 0 bridgehead atoms. The van der Waals surface area contributed by atoms with Crippen molar-refractivity contribution in [1.82, 2.24) is 9.58 Å². The second-order valence-corrected chi connectivity index (χ2v) is 7.78. The highest BCUT2D eigenvalue weighted by molar-refractivity contribution is 5.82. The molecule has 3 aromatic carbocycles. The summed E-state index contributed by atoms with van der Waals surface area (Å²) in [7, 11) is 1.57. The molecular formula is C25H20F3N3O4. The van der Waals surface area contributed by atoms with Crippen LogP contribution in [0, 0.1) is 0 Å². The van der Waals surface area contributed by atoms with E-state index in [1.54, 1.807) is 25.4 Å². The Kier molecular flexibility index (Phi) is 6.10. The number of rotatable bonds is 5. The first kappa shape index (κ1) is 24.0. The maximum Gasteiger partial charge on any atom is 0.573 e. The molecule has 0 saturated carbocycles. The lowest BCUT2D eigenvalue weighted by atomic mass is 10.1. The number of benzene rings is 3. The zero-order valence-corrected chi connectivity index (χ0v) is 18.4. The molecule has 0 radical (unpaired) electrons. The molecule has 0 amide bonds. The lowest BCUT2D eigenvalue weighted by Gasteiger charge is -2.27. The van der Waals surface area contributed by atoms with Crippen molar-refractivity contribution in [2.45, 2.75) is 12.9 Å². The molecule has 5 rings (SSSR count). The molecule has 35 heavy (non-hydrogen) atoms. The number of hydrogen-bond donors (Lipinski definition) is 1. The Morgan fingerprint density at radius 1 is 0.914 bits per heavy atom. The maximum atomic E-state index is 12.6. The summed E-state index contributed by atoms with van der Waals surface area (Å²) in [5.74, 6) is 0.186. The van der Waals surface area contributed by atoms with Gasteiger partial charge in [0.15, 0.2) is 16.4 Å². The molecule has 1 atom stereocenters. The van der Waals surface area contributed by atoms with Gasteiger partial charge in [-0.3, -0.25) is 0 Å². The standard InChI is InChI=1S/C25H18F3N3O3.H2O/c1-33-19-10-6-16(7-11-19)15-31(18-8-12-20(13-9-18)34-25(26,27)28)24(32)23-22(30-31)21-5-3-2-4-17(21)14-29-23;/h2-14H,15H2,1H3;1H2. The summed E-state index contributed by atoms with van der Waals surface area (Å²) in [6, 6.07) is 20.1. The van der Waals surface area contributed by atoms with Crippen LogP contribution in [0.25, 0.3) is 16.7 Å². The molecule has 0 spiro atoms. The van der Waals surface area contributed by atoms with Gasteiger partial charge in [-0.05, 0) is 36.4 Å². The summed E-state index contributed by atoms with van der Waals surface area (Å²) < 4.78 is 46.8. The lowest BCUT2D eigenvalue weighted by molar-refractivity contribution is -0.274. The monoisotopic (exact) mass is 483 g/mol. The van der Waals surface area contributed by atoms with E-state index in [2.05, 4.69) is 9.72 Å². The maximum absolute atomic E-state index is 12.6. The van der Waals surface area contributed by atoms with Crippen molar-refractivity contribution in [3.63, 3.8) is 0 Å². The van der Waals surface area contributed by atoms with Crippen LogP contribution in [0.5, 0.6) is 11.5 Å². The molecule has 0 fully saturated rings. The van der Waals surface area contributed by atoms with Crippen molar-refractivity contribution >= 4 is 22.3 Å². The number of pyridine rings is 1. The van der Waals surface area contributed by atoms with Crippen LogP contribution in [0.3, 0.4) is 0 Å². The Balaban J connectivity index is 0.00000289. The topological polar surface area (TPSA) is 93.9 Å². The Bertz CT molecular complexity index is 1490. The number of alkyl halides is 3. The number of aliphatic hydroxyl groups excluding tert-OH is 1. The van der Waals surface area contributed by atoms with Gasteiger partial charge in [-0.25, -0.2) is 4.98 Å². The molecule has 1 aliphatic heterocycles. The first-order chi connectivity index (χ1) is 16.3. The quantitative estimate of drug-likeness (QED) is 0.426. The van der Waals surface area contributed by atoms with E-state index >= 15 is 0 Å². The fourth-order valence-electron chi connectivity index (χ4n) is 4.08. The number of hydrogen-bond acceptors (Lipinski definition) is 6. The highest BCUT2D eigenvalue weighted by Gasteiger charge is 2.43. The zero-order chi connectivity index (χ0) is 23.9. The van der Waals surface area contributed by atoms with Crippen LogP contribution < -0.4 is 24.8 Å². The molecule has 180 valence electrons. The average Bonchev–Trinajstić information content (AvgIpc) is 3.12. The van der Waals surface area contributed by atoms with Crippen molar-refractivity contribution in [2.24, 2.45) is 5.10 Å². The van der Waals surface area contributed by atoms with Gasteiger partial charge in [0.05, 0.1) is 7.11 Å². The van der Waals surface area contributed by atoms with Gasteiger partial charge in [0.25, 0.3) is 0 Å². The third-order valence-electron chi connectivity index (χ3n) is 5.67. The summed E-state index contributed by atoms with van der Waals surface area (Å²) in [4.78, 5) is 4.43. The number of fused-ring (bicyclic) bond motifs is 3. The van der Waals surface area contributed by atoms with E-state index in [-0.39, 0.29) is 23.7 Å². The molecule has 7 nitrogen and oxygen atoms in total. The molecule has 0 aliphatic carbocycles. The minimum atomic E-state index is -4.80. The van der Waals surface area contributed by atoms with Gasteiger partial charge in [-0.1, -0.05) is 34.0 Å². The van der Waals surface area contributed by atoms with Gasteiger partial charge >= 0.3 is 12.2 Å². The van der Waals surface area contributed by atoms with Crippen LogP contribution in [0.4, 0.5) is 18.9 Å². The van der Waals surface area contributed by atoms with Gasteiger partial charge in [0.2, 0.25) is 0 Å². The van der Waals surface area contributed by atoms with Crippen LogP contribution in [-0.2, 0) is 6.54 Å². The van der Waals surface area contributed by atoms with E-state index in [1.807, 2.05) is 36.4 Å². The number of halogens is 3. The minimum Gasteiger partial charge on any atom is -0.870 e. The number of quaternary nitrogens is 1.